The van der Waals surface area contributed by atoms with Gasteiger partial charge in [0.05, 0.1) is 23.0 Å². The molecular formula is C16H24Cl4N4O3. The number of pyridine rings is 1. The molecule has 1 aliphatic carbocycles. The highest BCUT2D eigenvalue weighted by molar-refractivity contribution is 6.18. The largest absolute Gasteiger partial charge is 0.490 e. The van der Waals surface area contributed by atoms with Gasteiger partial charge in [-0.15, -0.1) is 48.8 Å². The first kappa shape index (κ1) is 30.4. The van der Waals surface area contributed by atoms with Crippen LogP contribution >= 0.6 is 48.8 Å². The van der Waals surface area contributed by atoms with Crippen molar-refractivity contribution in [2.75, 3.05) is 12.5 Å². The van der Waals surface area contributed by atoms with E-state index < -0.39 is 0 Å². The van der Waals surface area contributed by atoms with E-state index in [0.29, 0.717) is 24.9 Å². The minimum absolute atomic E-state index is 0. The number of nitrogens with two attached hydrogens (primary N) is 1. The Labute approximate surface area is 181 Å². The molecule has 2 heterocycles. The van der Waals surface area contributed by atoms with Crippen molar-refractivity contribution < 1.29 is 15.7 Å². The molecule has 0 unspecified atom stereocenters. The van der Waals surface area contributed by atoms with Gasteiger partial charge in [-0.05, 0) is 24.6 Å². The number of rotatable bonds is 5. The number of nitrogens with zero attached hydrogens (tertiary/aromatic N) is 3. The third kappa shape index (κ3) is 7.29. The van der Waals surface area contributed by atoms with Gasteiger partial charge < -0.3 is 21.4 Å². The number of allylic oxidation sites excluding steroid dienone is 4. The average Bonchev–Trinajstić information content (AvgIpc) is 2.88. The van der Waals surface area contributed by atoms with Gasteiger partial charge in [0.1, 0.15) is 12.4 Å². The highest BCUT2D eigenvalue weighted by atomic mass is 35.5. The molecule has 0 radical (unpaired) electrons. The van der Waals surface area contributed by atoms with Crippen molar-refractivity contribution in [3.63, 3.8) is 0 Å². The summed E-state index contributed by atoms with van der Waals surface area (Å²) in [6.07, 6.45) is 5.52. The lowest BCUT2D eigenvalue weighted by Crippen LogP contribution is -2.09. The van der Waals surface area contributed by atoms with Crippen LogP contribution < -0.4 is 10.5 Å². The van der Waals surface area contributed by atoms with E-state index in [2.05, 4.69) is 27.1 Å². The molecule has 0 atom stereocenters. The van der Waals surface area contributed by atoms with Gasteiger partial charge in [-0.2, -0.15) is 0 Å². The number of aromatic nitrogens is 1. The predicted octanol–water partition coefficient (Wildman–Crippen LogP) is 2.15. The smallest absolute Gasteiger partial charge is 0.220 e. The van der Waals surface area contributed by atoms with Crippen molar-refractivity contribution in [2.45, 2.75) is 19.8 Å². The van der Waals surface area contributed by atoms with Crippen molar-refractivity contribution in [1.82, 2.24) is 4.98 Å². The fraction of sp³-hybridized carbons (Fsp3) is 0.312. The third-order valence-electron chi connectivity index (χ3n) is 3.45. The molecule has 0 saturated heterocycles. The van der Waals surface area contributed by atoms with Crippen molar-refractivity contribution >= 4 is 60.5 Å². The number of hydrogen-bond acceptors (Lipinski definition) is 5. The fourth-order valence-electron chi connectivity index (χ4n) is 2.51. The second kappa shape index (κ2) is 13.8. The van der Waals surface area contributed by atoms with Crippen molar-refractivity contribution in [3.05, 3.63) is 46.9 Å². The Balaban J connectivity index is -0.00000115. The number of aliphatic imine (C=N–C) groups is 2. The SMILES string of the molecule is Cc1ccc(OCCCl)c(CC2=C3N=C(N)N=C3CC=C2)n1.Cl.Cl.Cl.O.O. The number of aryl methyl sites for hydroxylation is 1. The molecule has 7 nitrogen and oxygen atoms in total. The van der Waals surface area contributed by atoms with E-state index in [1.807, 2.05) is 19.1 Å². The van der Waals surface area contributed by atoms with E-state index in [1.165, 1.54) is 0 Å². The fourth-order valence-corrected chi connectivity index (χ4v) is 2.59. The predicted molar refractivity (Wildman–Crippen MR) is 118 cm³/mol. The molecule has 0 bridgehead atoms. The minimum atomic E-state index is 0. The van der Waals surface area contributed by atoms with Gasteiger partial charge in [0, 0.05) is 18.5 Å². The molecule has 0 saturated carbocycles. The summed E-state index contributed by atoms with van der Waals surface area (Å²) < 4.78 is 5.68. The maximum Gasteiger partial charge on any atom is 0.220 e. The molecule has 27 heavy (non-hydrogen) atoms. The van der Waals surface area contributed by atoms with Crippen LogP contribution in [0.25, 0.3) is 0 Å². The van der Waals surface area contributed by atoms with Crippen LogP contribution in [0.2, 0.25) is 0 Å². The maximum atomic E-state index is 5.72. The molecule has 0 fully saturated rings. The summed E-state index contributed by atoms with van der Waals surface area (Å²) in [4.78, 5) is 13.2. The van der Waals surface area contributed by atoms with E-state index in [0.717, 1.165) is 40.5 Å². The van der Waals surface area contributed by atoms with Crippen LogP contribution in [-0.4, -0.2) is 40.1 Å². The standard InChI is InChI=1S/C16H17ClN4O.3ClH.2H2O/c1-10-5-6-14(22-8-7-17)13(19-10)9-11-3-2-4-12-15(11)21-16(18)20-12;;;;;/h2-3,5-6H,4,7-9H2,1H3,(H2,18,21);3*1H;2*1H2. The number of hydrogen-bond donors (Lipinski definition) is 1. The minimum Gasteiger partial charge on any atom is -0.490 e. The first-order valence-corrected chi connectivity index (χ1v) is 7.68. The molecule has 11 heteroatoms. The number of halogens is 4. The Morgan fingerprint density at radius 1 is 1.15 bits per heavy atom. The molecular weight excluding hydrogens is 438 g/mol. The Morgan fingerprint density at radius 2 is 1.85 bits per heavy atom. The summed E-state index contributed by atoms with van der Waals surface area (Å²) in [5, 5.41) is 0. The van der Waals surface area contributed by atoms with E-state index in [-0.39, 0.29) is 48.2 Å². The quantitative estimate of drug-likeness (QED) is 0.672. The van der Waals surface area contributed by atoms with Crippen LogP contribution in [0, 0.1) is 6.92 Å². The molecule has 0 aromatic carbocycles. The molecule has 0 spiro atoms. The topological polar surface area (TPSA) is 136 Å². The summed E-state index contributed by atoms with van der Waals surface area (Å²) in [7, 11) is 0. The lowest BCUT2D eigenvalue weighted by Gasteiger charge is -2.14. The van der Waals surface area contributed by atoms with Crippen molar-refractivity contribution in [1.29, 1.82) is 0 Å². The molecule has 1 aromatic heterocycles. The summed E-state index contributed by atoms with van der Waals surface area (Å²) in [6.45, 7) is 2.42. The Bertz CT molecular complexity index is 736. The van der Waals surface area contributed by atoms with Crippen molar-refractivity contribution in [3.8, 4) is 5.75 Å². The monoisotopic (exact) mass is 460 g/mol. The molecule has 1 aromatic rings. The highest BCUT2D eigenvalue weighted by Gasteiger charge is 2.21. The lowest BCUT2D eigenvalue weighted by molar-refractivity contribution is 0.337. The van der Waals surface area contributed by atoms with Crippen LogP contribution in [0.15, 0.2) is 45.5 Å². The number of guanidine groups is 1. The molecule has 0 amide bonds. The normalized spacial score (nSPS) is 13.4. The van der Waals surface area contributed by atoms with Crippen LogP contribution in [0.1, 0.15) is 17.8 Å². The van der Waals surface area contributed by atoms with Crippen LogP contribution in [0.4, 0.5) is 0 Å². The average molecular weight is 462 g/mol. The lowest BCUT2D eigenvalue weighted by atomic mass is 9.97. The summed E-state index contributed by atoms with van der Waals surface area (Å²) in [6, 6.07) is 3.86. The molecule has 1 aliphatic heterocycles. The summed E-state index contributed by atoms with van der Waals surface area (Å²) in [5.74, 6) is 1.52. The second-order valence-electron chi connectivity index (χ2n) is 5.12. The summed E-state index contributed by atoms with van der Waals surface area (Å²) in [5.41, 5.74) is 10.4. The zero-order valence-electron chi connectivity index (χ0n) is 14.6. The van der Waals surface area contributed by atoms with Gasteiger partial charge in [0.25, 0.3) is 0 Å². The second-order valence-corrected chi connectivity index (χ2v) is 5.50. The first-order chi connectivity index (χ1) is 10.7. The molecule has 2 aliphatic rings. The van der Waals surface area contributed by atoms with Crippen LogP contribution in [0.3, 0.4) is 0 Å². The van der Waals surface area contributed by atoms with Gasteiger partial charge in [-0.1, -0.05) is 12.2 Å². The zero-order valence-corrected chi connectivity index (χ0v) is 17.8. The Hall–Kier alpha value is -1.35. The van der Waals surface area contributed by atoms with Gasteiger partial charge in [0.15, 0.2) is 0 Å². The van der Waals surface area contributed by atoms with E-state index in [4.69, 9.17) is 22.1 Å². The van der Waals surface area contributed by atoms with Crippen LogP contribution in [0.5, 0.6) is 5.75 Å². The van der Waals surface area contributed by atoms with Crippen molar-refractivity contribution in [2.24, 2.45) is 15.7 Å². The molecule has 3 rings (SSSR count). The maximum absolute atomic E-state index is 5.72. The summed E-state index contributed by atoms with van der Waals surface area (Å²) >= 11 is 5.70. The Morgan fingerprint density at radius 3 is 2.52 bits per heavy atom. The van der Waals surface area contributed by atoms with Gasteiger partial charge in [-0.3, -0.25) is 4.98 Å². The van der Waals surface area contributed by atoms with Gasteiger partial charge in [0.2, 0.25) is 5.96 Å². The number of ether oxygens (including phenoxy) is 1. The first-order valence-electron chi connectivity index (χ1n) is 7.14. The van der Waals surface area contributed by atoms with E-state index >= 15 is 0 Å². The van der Waals surface area contributed by atoms with Gasteiger partial charge >= 0.3 is 0 Å². The Kier molecular flexibility index (Phi) is 15.5. The third-order valence-corrected chi connectivity index (χ3v) is 3.60. The number of fused-ring (bicyclic) bond motifs is 1. The zero-order chi connectivity index (χ0) is 15.5. The number of alkyl halides is 1. The molecule has 154 valence electrons. The van der Waals surface area contributed by atoms with E-state index in [9.17, 15) is 0 Å². The van der Waals surface area contributed by atoms with E-state index in [1.54, 1.807) is 0 Å². The molecule has 6 N–H and O–H groups in total. The highest BCUT2D eigenvalue weighted by Crippen LogP contribution is 2.27. The van der Waals surface area contributed by atoms with Gasteiger partial charge in [-0.25, -0.2) is 9.98 Å². The van der Waals surface area contributed by atoms with Crippen LogP contribution in [-0.2, 0) is 6.42 Å².